The second kappa shape index (κ2) is 6.56. The zero-order valence-electron chi connectivity index (χ0n) is 15.9. The van der Waals surface area contributed by atoms with Crippen LogP contribution in [-0.2, 0) is 6.42 Å². The van der Waals surface area contributed by atoms with Gasteiger partial charge in [-0.15, -0.1) is 0 Å². The summed E-state index contributed by atoms with van der Waals surface area (Å²) in [5.41, 5.74) is 4.44. The molecule has 5 rings (SSSR count). The number of hydrogen-bond donors (Lipinski definition) is 3. The minimum Gasteiger partial charge on any atom is -0.491 e. The highest BCUT2D eigenvalue weighted by Gasteiger charge is 2.37. The van der Waals surface area contributed by atoms with Crippen molar-refractivity contribution in [3.8, 4) is 5.75 Å². The van der Waals surface area contributed by atoms with Crippen molar-refractivity contribution in [3.05, 3.63) is 29.5 Å². The molecule has 7 nitrogen and oxygen atoms in total. The number of rotatable bonds is 4. The van der Waals surface area contributed by atoms with Gasteiger partial charge >= 0.3 is 0 Å². The van der Waals surface area contributed by atoms with E-state index in [9.17, 15) is 0 Å². The molecule has 142 valence electrons. The SMILES string of the molecule is CNc1cc(C)nc(Nc2cc3c(c(N4C[C@H]5CNC[C@H]5C4)c2)OCC3)n1. The van der Waals surface area contributed by atoms with Crippen LogP contribution in [0, 0.1) is 18.8 Å². The van der Waals surface area contributed by atoms with Gasteiger partial charge in [-0.1, -0.05) is 0 Å². The summed E-state index contributed by atoms with van der Waals surface area (Å²) in [4.78, 5) is 11.6. The Morgan fingerprint density at radius 1 is 1.15 bits per heavy atom. The van der Waals surface area contributed by atoms with E-state index >= 15 is 0 Å². The predicted molar refractivity (Wildman–Crippen MR) is 107 cm³/mol. The van der Waals surface area contributed by atoms with Crippen LogP contribution in [0.4, 0.5) is 23.1 Å². The summed E-state index contributed by atoms with van der Waals surface area (Å²) < 4.78 is 6.00. The Bertz CT molecular complexity index is 858. The van der Waals surface area contributed by atoms with Gasteiger partial charge in [0.2, 0.25) is 5.95 Å². The van der Waals surface area contributed by atoms with E-state index in [0.717, 1.165) is 74.0 Å². The lowest BCUT2D eigenvalue weighted by atomic mass is 10.0. The van der Waals surface area contributed by atoms with Gasteiger partial charge in [-0.25, -0.2) is 4.98 Å². The minimum absolute atomic E-state index is 0.617. The topological polar surface area (TPSA) is 74.3 Å². The lowest BCUT2D eigenvalue weighted by molar-refractivity contribution is 0.357. The smallest absolute Gasteiger partial charge is 0.229 e. The van der Waals surface area contributed by atoms with Gasteiger partial charge in [-0.05, 0) is 30.9 Å². The lowest BCUT2D eigenvalue weighted by Gasteiger charge is -2.23. The summed E-state index contributed by atoms with van der Waals surface area (Å²) >= 11 is 0. The van der Waals surface area contributed by atoms with Gasteiger partial charge in [0, 0.05) is 62.7 Å². The molecule has 0 spiro atoms. The van der Waals surface area contributed by atoms with Crippen LogP contribution in [0.3, 0.4) is 0 Å². The zero-order chi connectivity index (χ0) is 18.4. The average Bonchev–Trinajstić information content (AvgIpc) is 3.36. The van der Waals surface area contributed by atoms with Crippen LogP contribution in [0.2, 0.25) is 0 Å². The highest BCUT2D eigenvalue weighted by molar-refractivity contribution is 5.73. The normalized spacial score (nSPS) is 23.1. The van der Waals surface area contributed by atoms with E-state index < -0.39 is 0 Å². The maximum absolute atomic E-state index is 6.00. The quantitative estimate of drug-likeness (QED) is 0.766. The molecule has 0 amide bonds. The van der Waals surface area contributed by atoms with Crippen molar-refractivity contribution in [3.63, 3.8) is 0 Å². The van der Waals surface area contributed by atoms with E-state index in [1.165, 1.54) is 11.3 Å². The van der Waals surface area contributed by atoms with Crippen LogP contribution in [0.1, 0.15) is 11.3 Å². The van der Waals surface area contributed by atoms with E-state index in [4.69, 9.17) is 4.74 Å². The van der Waals surface area contributed by atoms with Crippen LogP contribution in [0.5, 0.6) is 5.75 Å². The molecule has 7 heteroatoms. The Labute approximate surface area is 159 Å². The maximum atomic E-state index is 6.00. The summed E-state index contributed by atoms with van der Waals surface area (Å²) in [6.07, 6.45) is 0.955. The number of ether oxygens (including phenoxy) is 1. The molecule has 4 heterocycles. The molecule has 0 unspecified atom stereocenters. The van der Waals surface area contributed by atoms with Crippen LogP contribution >= 0.6 is 0 Å². The summed E-state index contributed by atoms with van der Waals surface area (Å²) in [6, 6.07) is 6.31. The number of nitrogens with zero attached hydrogens (tertiary/aromatic N) is 3. The molecule has 3 aliphatic heterocycles. The van der Waals surface area contributed by atoms with E-state index in [1.807, 2.05) is 20.0 Å². The molecule has 0 aliphatic carbocycles. The van der Waals surface area contributed by atoms with Gasteiger partial charge in [0.1, 0.15) is 11.6 Å². The number of fused-ring (bicyclic) bond motifs is 2. The second-order valence-electron chi connectivity index (χ2n) is 7.76. The monoisotopic (exact) mass is 366 g/mol. The molecule has 27 heavy (non-hydrogen) atoms. The third kappa shape index (κ3) is 3.06. The van der Waals surface area contributed by atoms with E-state index in [0.29, 0.717) is 5.95 Å². The Morgan fingerprint density at radius 3 is 2.74 bits per heavy atom. The van der Waals surface area contributed by atoms with Crippen molar-refractivity contribution in [2.45, 2.75) is 13.3 Å². The Kier molecular flexibility index (Phi) is 4.04. The molecule has 0 saturated carbocycles. The van der Waals surface area contributed by atoms with Crippen molar-refractivity contribution >= 4 is 23.1 Å². The molecule has 2 saturated heterocycles. The van der Waals surface area contributed by atoms with Gasteiger partial charge in [-0.3, -0.25) is 0 Å². The van der Waals surface area contributed by atoms with Crippen molar-refractivity contribution in [2.75, 3.05) is 55.4 Å². The molecule has 1 aromatic carbocycles. The van der Waals surface area contributed by atoms with Crippen molar-refractivity contribution in [2.24, 2.45) is 11.8 Å². The molecular weight excluding hydrogens is 340 g/mol. The van der Waals surface area contributed by atoms with E-state index in [1.54, 1.807) is 0 Å². The standard InChI is InChI=1S/C20H26N6O/c1-12-5-18(21-2)25-20(23-12)24-16-6-13-3-4-27-19(13)17(7-16)26-10-14-8-22-9-15(14)11-26/h5-7,14-15,22H,3-4,8-11H2,1-2H3,(H2,21,23,24,25)/t14-,15+. The predicted octanol–water partition coefficient (Wildman–Crippen LogP) is 2.16. The molecule has 3 aliphatic rings. The fourth-order valence-corrected chi connectivity index (χ4v) is 4.53. The van der Waals surface area contributed by atoms with Gasteiger partial charge in [-0.2, -0.15) is 4.98 Å². The first-order valence-electron chi connectivity index (χ1n) is 9.75. The summed E-state index contributed by atoms with van der Waals surface area (Å²) in [6.45, 7) is 7.20. The number of hydrogen-bond acceptors (Lipinski definition) is 7. The number of aryl methyl sites for hydroxylation is 1. The zero-order valence-corrected chi connectivity index (χ0v) is 15.9. The van der Waals surface area contributed by atoms with Gasteiger partial charge in [0.25, 0.3) is 0 Å². The maximum Gasteiger partial charge on any atom is 0.229 e. The molecule has 2 atom stereocenters. The number of aromatic nitrogens is 2. The van der Waals surface area contributed by atoms with Crippen LogP contribution in [0.15, 0.2) is 18.2 Å². The summed E-state index contributed by atoms with van der Waals surface area (Å²) in [5.74, 6) is 3.99. The number of benzene rings is 1. The minimum atomic E-state index is 0.617. The molecule has 0 bridgehead atoms. The molecular formula is C20H26N6O. The van der Waals surface area contributed by atoms with Crippen molar-refractivity contribution in [1.82, 2.24) is 15.3 Å². The molecule has 1 aromatic heterocycles. The van der Waals surface area contributed by atoms with Gasteiger partial charge < -0.3 is 25.6 Å². The highest BCUT2D eigenvalue weighted by atomic mass is 16.5. The fraction of sp³-hybridized carbons (Fsp3) is 0.500. The Hall–Kier alpha value is -2.54. The van der Waals surface area contributed by atoms with Crippen LogP contribution in [0.25, 0.3) is 0 Å². The summed E-state index contributed by atoms with van der Waals surface area (Å²) in [5, 5.41) is 10.0. The Morgan fingerprint density at radius 2 is 1.96 bits per heavy atom. The number of anilines is 4. The first-order valence-corrected chi connectivity index (χ1v) is 9.75. The first-order chi connectivity index (χ1) is 13.2. The van der Waals surface area contributed by atoms with Crippen LogP contribution < -0.4 is 25.6 Å². The van der Waals surface area contributed by atoms with Gasteiger partial charge in [0.05, 0.1) is 12.3 Å². The third-order valence-corrected chi connectivity index (χ3v) is 5.86. The van der Waals surface area contributed by atoms with Gasteiger partial charge in [0.15, 0.2) is 0 Å². The molecule has 2 aromatic rings. The molecule has 0 radical (unpaired) electrons. The molecule has 2 fully saturated rings. The van der Waals surface area contributed by atoms with Crippen molar-refractivity contribution in [1.29, 1.82) is 0 Å². The second-order valence-corrected chi connectivity index (χ2v) is 7.76. The Balaban J connectivity index is 1.46. The third-order valence-electron chi connectivity index (χ3n) is 5.86. The number of nitrogens with one attached hydrogen (secondary N) is 3. The summed E-state index contributed by atoms with van der Waals surface area (Å²) in [7, 11) is 1.87. The first kappa shape index (κ1) is 16.6. The lowest BCUT2D eigenvalue weighted by Crippen LogP contribution is -2.25. The average molecular weight is 366 g/mol. The highest BCUT2D eigenvalue weighted by Crippen LogP contribution is 2.42. The van der Waals surface area contributed by atoms with Crippen molar-refractivity contribution < 1.29 is 4.74 Å². The fourth-order valence-electron chi connectivity index (χ4n) is 4.53. The molecule has 3 N–H and O–H groups in total. The van der Waals surface area contributed by atoms with E-state index in [-0.39, 0.29) is 0 Å². The van der Waals surface area contributed by atoms with E-state index in [2.05, 4.69) is 43.0 Å². The van der Waals surface area contributed by atoms with Crippen LogP contribution in [-0.4, -0.2) is 49.8 Å². The largest absolute Gasteiger partial charge is 0.491 e.